The Hall–Kier alpha value is -4.05. The molecule has 3 N–H and O–H groups in total. The summed E-state index contributed by atoms with van der Waals surface area (Å²) < 4.78 is 16.0. The highest BCUT2D eigenvalue weighted by Crippen LogP contribution is 2.32. The number of carbonyl (C=O) groups excluding carboxylic acids is 1. The average Bonchev–Trinajstić information content (AvgIpc) is 3.52. The zero-order valence-corrected chi connectivity index (χ0v) is 18.0. The van der Waals surface area contributed by atoms with Crippen LogP contribution in [0.3, 0.4) is 0 Å². The predicted octanol–water partition coefficient (Wildman–Crippen LogP) is 4.26. The van der Waals surface area contributed by atoms with Gasteiger partial charge >= 0.3 is 12.1 Å². The van der Waals surface area contributed by atoms with E-state index >= 15 is 0 Å². The Labute approximate surface area is 190 Å². The topological polar surface area (TPSA) is 126 Å². The predicted molar refractivity (Wildman–Crippen MR) is 120 cm³/mol. The Morgan fingerprint density at radius 2 is 2.03 bits per heavy atom. The zero-order valence-electron chi connectivity index (χ0n) is 18.0. The van der Waals surface area contributed by atoms with Crippen LogP contribution >= 0.6 is 0 Å². The van der Waals surface area contributed by atoms with Gasteiger partial charge in [-0.25, -0.2) is 14.6 Å². The van der Waals surface area contributed by atoms with Crippen molar-refractivity contribution in [3.63, 3.8) is 0 Å². The fraction of sp³-hybridized carbons (Fsp3) is 0.261. The van der Waals surface area contributed by atoms with Crippen LogP contribution in [0.25, 0.3) is 11.3 Å². The minimum absolute atomic E-state index is 0.169. The quantitative estimate of drug-likeness (QED) is 0.489. The monoisotopic (exact) mass is 452 g/mol. The Bertz CT molecular complexity index is 1110. The smallest absolute Gasteiger partial charge is 0.407 e. The molecule has 1 unspecified atom stereocenters. The first-order valence-electron chi connectivity index (χ1n) is 10.3. The van der Waals surface area contributed by atoms with E-state index in [9.17, 15) is 14.7 Å². The van der Waals surface area contributed by atoms with Crippen molar-refractivity contribution in [2.45, 2.75) is 19.0 Å². The number of nitrogens with one attached hydrogen (secondary N) is 2. The molecule has 2 aromatic carbocycles. The molecule has 10 heteroatoms. The second kappa shape index (κ2) is 10.0. The van der Waals surface area contributed by atoms with Crippen molar-refractivity contribution < 1.29 is 28.6 Å². The van der Waals surface area contributed by atoms with Crippen LogP contribution in [0, 0.1) is 0 Å². The van der Waals surface area contributed by atoms with E-state index in [4.69, 9.17) is 13.9 Å². The lowest BCUT2D eigenvalue weighted by Crippen LogP contribution is -2.39. The molecule has 1 aromatic heterocycles. The lowest BCUT2D eigenvalue weighted by Gasteiger charge is -2.25. The van der Waals surface area contributed by atoms with Gasteiger partial charge in [0, 0.05) is 30.6 Å². The van der Waals surface area contributed by atoms with Gasteiger partial charge in [-0.05, 0) is 36.2 Å². The fourth-order valence-electron chi connectivity index (χ4n) is 3.68. The molecule has 172 valence electrons. The summed E-state index contributed by atoms with van der Waals surface area (Å²) in [5, 5.41) is 15.1. The lowest BCUT2D eigenvalue weighted by atomic mass is 10.1. The number of methoxy groups -OCH3 is 1. The number of hydrogen-bond acceptors (Lipinski definition) is 6. The summed E-state index contributed by atoms with van der Waals surface area (Å²) in [5.74, 6) is 1.08. The van der Waals surface area contributed by atoms with E-state index in [1.54, 1.807) is 42.6 Å². The number of carboxylic acid groups (broad SMARTS) is 1. The highest BCUT2D eigenvalue weighted by Gasteiger charge is 2.27. The Kier molecular flexibility index (Phi) is 6.75. The van der Waals surface area contributed by atoms with Crippen LogP contribution in [0.2, 0.25) is 0 Å². The number of oxazole rings is 1. The SMILES string of the molecule is COc1cc(NC(=O)Nc2cccc(CN(C(=O)O)C3CCOC3)c2)ccc1-c1cnco1. The third kappa shape index (κ3) is 5.42. The Balaban J connectivity index is 1.41. The van der Waals surface area contributed by atoms with Gasteiger partial charge in [-0.3, -0.25) is 4.90 Å². The number of hydrogen-bond donors (Lipinski definition) is 3. The second-order valence-corrected chi connectivity index (χ2v) is 7.49. The van der Waals surface area contributed by atoms with E-state index in [0.717, 1.165) is 5.56 Å². The van der Waals surface area contributed by atoms with E-state index in [0.29, 0.717) is 48.1 Å². The number of aromatic nitrogens is 1. The summed E-state index contributed by atoms with van der Waals surface area (Å²) in [6.07, 6.45) is 2.59. The van der Waals surface area contributed by atoms with E-state index in [2.05, 4.69) is 15.6 Å². The largest absolute Gasteiger partial charge is 0.496 e. The van der Waals surface area contributed by atoms with Gasteiger partial charge in [0.2, 0.25) is 0 Å². The van der Waals surface area contributed by atoms with E-state index < -0.39 is 12.1 Å². The van der Waals surface area contributed by atoms with Gasteiger partial charge < -0.3 is 29.6 Å². The first kappa shape index (κ1) is 22.2. The van der Waals surface area contributed by atoms with Gasteiger partial charge in [0.25, 0.3) is 0 Å². The highest BCUT2D eigenvalue weighted by molar-refractivity contribution is 6.00. The number of benzene rings is 2. The van der Waals surface area contributed by atoms with E-state index in [1.807, 2.05) is 6.07 Å². The van der Waals surface area contributed by atoms with Crippen molar-refractivity contribution in [2.24, 2.45) is 0 Å². The van der Waals surface area contributed by atoms with Crippen LogP contribution in [0.1, 0.15) is 12.0 Å². The maximum atomic E-state index is 12.5. The summed E-state index contributed by atoms with van der Waals surface area (Å²) in [6.45, 7) is 1.16. The molecule has 3 amide bonds. The molecule has 3 aromatic rings. The molecule has 0 aliphatic carbocycles. The molecular weight excluding hydrogens is 428 g/mol. The van der Waals surface area contributed by atoms with Crippen molar-refractivity contribution in [1.82, 2.24) is 9.88 Å². The molecule has 0 saturated carbocycles. The van der Waals surface area contributed by atoms with Gasteiger partial charge in [0.15, 0.2) is 12.2 Å². The number of carbonyl (C=O) groups is 2. The molecular formula is C23H24N4O6. The number of rotatable bonds is 7. The van der Waals surface area contributed by atoms with Crippen LogP contribution in [-0.2, 0) is 11.3 Å². The van der Waals surface area contributed by atoms with Crippen molar-refractivity contribution in [2.75, 3.05) is 31.0 Å². The average molecular weight is 452 g/mol. The number of amides is 3. The summed E-state index contributed by atoms with van der Waals surface area (Å²) in [6, 6.07) is 11.6. The normalized spacial score (nSPS) is 15.1. The van der Waals surface area contributed by atoms with Crippen molar-refractivity contribution >= 4 is 23.5 Å². The lowest BCUT2D eigenvalue weighted by molar-refractivity contribution is 0.108. The van der Waals surface area contributed by atoms with Crippen molar-refractivity contribution in [3.05, 3.63) is 60.6 Å². The Morgan fingerprint density at radius 1 is 1.21 bits per heavy atom. The molecule has 1 atom stereocenters. The Morgan fingerprint density at radius 3 is 2.70 bits per heavy atom. The molecule has 0 bridgehead atoms. The van der Waals surface area contributed by atoms with Crippen LogP contribution in [0.15, 0.2) is 59.5 Å². The molecule has 1 saturated heterocycles. The zero-order chi connectivity index (χ0) is 23.2. The molecule has 1 aliphatic rings. The summed E-state index contributed by atoms with van der Waals surface area (Å²) in [7, 11) is 1.53. The number of nitrogens with zero attached hydrogens (tertiary/aromatic N) is 2. The summed E-state index contributed by atoms with van der Waals surface area (Å²) >= 11 is 0. The summed E-state index contributed by atoms with van der Waals surface area (Å²) in [4.78, 5) is 29.5. The van der Waals surface area contributed by atoms with Crippen LogP contribution in [0.5, 0.6) is 5.75 Å². The molecule has 33 heavy (non-hydrogen) atoms. The molecule has 1 fully saturated rings. The molecule has 1 aliphatic heterocycles. The first-order chi connectivity index (χ1) is 16.0. The van der Waals surface area contributed by atoms with E-state index in [-0.39, 0.29) is 12.6 Å². The molecule has 0 spiro atoms. The van der Waals surface area contributed by atoms with E-state index in [1.165, 1.54) is 18.4 Å². The number of ether oxygens (including phenoxy) is 2. The molecule has 2 heterocycles. The minimum Gasteiger partial charge on any atom is -0.496 e. The van der Waals surface area contributed by atoms with Gasteiger partial charge in [0.05, 0.1) is 31.5 Å². The van der Waals surface area contributed by atoms with Crippen molar-refractivity contribution in [3.8, 4) is 17.1 Å². The maximum absolute atomic E-state index is 12.5. The third-order valence-corrected chi connectivity index (χ3v) is 5.29. The van der Waals surface area contributed by atoms with Crippen LogP contribution < -0.4 is 15.4 Å². The van der Waals surface area contributed by atoms with Gasteiger partial charge in [-0.1, -0.05) is 12.1 Å². The molecule has 0 radical (unpaired) electrons. The van der Waals surface area contributed by atoms with Gasteiger partial charge in [-0.2, -0.15) is 0 Å². The van der Waals surface area contributed by atoms with Gasteiger partial charge in [0.1, 0.15) is 5.75 Å². The highest BCUT2D eigenvalue weighted by atomic mass is 16.5. The number of urea groups is 1. The summed E-state index contributed by atoms with van der Waals surface area (Å²) in [5.41, 5.74) is 2.55. The minimum atomic E-state index is -0.996. The fourth-order valence-corrected chi connectivity index (χ4v) is 3.68. The number of anilines is 2. The van der Waals surface area contributed by atoms with Gasteiger partial charge in [-0.15, -0.1) is 0 Å². The van der Waals surface area contributed by atoms with Crippen LogP contribution in [0.4, 0.5) is 21.0 Å². The molecule has 10 nitrogen and oxygen atoms in total. The molecule has 4 rings (SSSR count). The third-order valence-electron chi connectivity index (χ3n) is 5.29. The van der Waals surface area contributed by atoms with Crippen molar-refractivity contribution in [1.29, 1.82) is 0 Å². The van der Waals surface area contributed by atoms with Crippen LogP contribution in [-0.4, -0.2) is 53.5 Å². The first-order valence-corrected chi connectivity index (χ1v) is 10.3. The second-order valence-electron chi connectivity index (χ2n) is 7.49. The maximum Gasteiger partial charge on any atom is 0.407 e. The standard InChI is InChI=1S/C23H24N4O6/c1-31-20-10-17(5-6-19(20)21-11-24-14-33-21)26-22(28)25-16-4-2-3-15(9-16)12-27(23(29)30)18-7-8-32-13-18/h2-6,9-11,14,18H,7-8,12-13H2,1H3,(H,29,30)(H2,25,26,28).